The summed E-state index contributed by atoms with van der Waals surface area (Å²) in [6.07, 6.45) is -7.79. The molecule has 39 heteroatoms. The van der Waals surface area contributed by atoms with Crippen LogP contribution in [0, 0.1) is 0 Å². The number of halogens is 1. The first-order valence-corrected chi connectivity index (χ1v) is 34.5. The van der Waals surface area contributed by atoms with Crippen molar-refractivity contribution in [3.8, 4) is 0 Å². The maximum atomic E-state index is 14.9. The van der Waals surface area contributed by atoms with E-state index >= 15 is 0 Å². The molecule has 0 fully saturated rings. The van der Waals surface area contributed by atoms with E-state index in [1.807, 2.05) is 5.32 Å². The number of allylic oxidation sites excluding steroid dienone is 2. The number of carboxylic acid groups (broad SMARTS) is 1. The van der Waals surface area contributed by atoms with Crippen molar-refractivity contribution < 1.29 is 108 Å². The summed E-state index contributed by atoms with van der Waals surface area (Å²) < 4.78 is 1.63. The zero-order valence-electron chi connectivity index (χ0n) is 58.3. The number of carboxylic acids is 1. The number of aliphatic hydroxyl groups is 6. The number of benzene rings is 3. The van der Waals surface area contributed by atoms with Crippen molar-refractivity contribution in [3.05, 3.63) is 142 Å². The zero-order valence-corrected chi connectivity index (χ0v) is 59.9. The summed E-state index contributed by atoms with van der Waals surface area (Å²) in [6, 6.07) is 1.08. The maximum Gasteiger partial charge on any atom is 0.326 e. The highest BCUT2D eigenvalue weighted by Crippen LogP contribution is 2.17. The van der Waals surface area contributed by atoms with Gasteiger partial charge in [-0.3, -0.25) is 67.1 Å². The molecule has 1 aromatic heterocycles. The van der Waals surface area contributed by atoms with E-state index in [1.54, 1.807) is 91.9 Å². The summed E-state index contributed by atoms with van der Waals surface area (Å²) in [7, 11) is 0. The number of nitrogens with one attached hydrogen (secondary N) is 12. The minimum atomic E-state index is -2.65. The summed E-state index contributed by atoms with van der Waals surface area (Å²) in [5, 5.41) is 104. The molecule has 3 heterocycles. The largest absolute Gasteiger partial charge is 0.480 e. The van der Waals surface area contributed by atoms with Gasteiger partial charge in [0.2, 0.25) is 82.7 Å². The average molecular weight is 1570 g/mol. The predicted molar refractivity (Wildman–Crippen MR) is 380 cm³/mol. The Morgan fingerprint density at radius 3 is 1.75 bits per heavy atom. The van der Waals surface area contributed by atoms with E-state index in [9.17, 15) is 108 Å². The molecule has 108 heavy (non-hydrogen) atoms. The third kappa shape index (κ3) is 27.2. The molecule has 0 radical (unpaired) electrons. The minimum absolute atomic E-state index is 0.204. The molecular formula is C69H87BrN16O22. The third-order valence-corrected chi connectivity index (χ3v) is 17.3. The second kappa shape index (κ2) is 41.5. The zero-order chi connectivity index (χ0) is 79.5. The monoisotopic (exact) mass is 1570 g/mol. The van der Waals surface area contributed by atoms with Crippen LogP contribution in [0.2, 0.25) is 0 Å². The van der Waals surface area contributed by atoms with Gasteiger partial charge in [0.15, 0.2) is 6.10 Å². The van der Waals surface area contributed by atoms with E-state index in [2.05, 4.69) is 79.4 Å². The van der Waals surface area contributed by atoms with E-state index in [4.69, 9.17) is 11.5 Å². The van der Waals surface area contributed by atoms with E-state index in [0.717, 1.165) is 29.6 Å². The standard InChI is InChI=1S/C69H87BrN16O22/c1-34(13-14-36-9-5-3-6-10-36)21-51(91)42-28-55(95)77-49(31-87)65(103)82-48-30-86-29-40(74-33-86)24-45(62(100)84-56(35(2)89)67(105)83-50(32-88)66(104)79-44(61(99)78-42)22-37-11-7-4-8-12-37)75-54(94)26-41(90)25-47(69(107)108)76-53(93)19-20-73-60(98)43(23-38-15-17-39(70)18-16-38)81-68(106)57(58(96)59(72)97)85-63(101)46(27-52(71)92)80-64(48)102/h3-18,21,29,33,35,41-51,56-58,87-91,96H,19-20,22-28,30-32H2,1-2H3,(H2,71,92)(H2,72,97)(H,73,98)(H,75,94)(H,76,93)(H,77,95)(H,78,99)(H,79,104)(H,80,102)(H,81,106)(H,82,103)(H,83,105)(H,84,100)(H,85,101)(H,107,108)/b14-13+,34-21+/t35-,41+,42-,43-,44-,45-,46-,47-,48+,49-,50-,51-,56-,57-,58+/m0/s1. The van der Waals surface area contributed by atoms with Crippen LogP contribution in [0.3, 0.4) is 0 Å². The summed E-state index contributed by atoms with van der Waals surface area (Å²) in [4.78, 5) is 214. The minimum Gasteiger partial charge on any atom is -0.480 e. The lowest BCUT2D eigenvalue weighted by atomic mass is 10.0. The second-order valence-electron chi connectivity index (χ2n) is 25.5. The number of primary amides is 2. The van der Waals surface area contributed by atoms with Crippen LogP contribution in [-0.2, 0) is 97.7 Å². The molecule has 0 saturated heterocycles. The number of nitrogens with zero attached hydrogens (tertiary/aromatic N) is 2. The van der Waals surface area contributed by atoms with E-state index < -0.39 is 244 Å². The van der Waals surface area contributed by atoms with Crippen molar-refractivity contribution in [3.63, 3.8) is 0 Å². The second-order valence-corrected chi connectivity index (χ2v) is 26.4. The molecule has 2 aliphatic heterocycles. The van der Waals surface area contributed by atoms with Gasteiger partial charge < -0.3 is 116 Å². The van der Waals surface area contributed by atoms with Crippen LogP contribution in [0.1, 0.15) is 68.3 Å². The van der Waals surface area contributed by atoms with Gasteiger partial charge in [-0.25, -0.2) is 9.78 Å². The number of hydrogen-bond acceptors (Lipinski definition) is 22. The molecule has 0 saturated carbocycles. The summed E-state index contributed by atoms with van der Waals surface area (Å²) in [5.74, 6) is -20.1. The van der Waals surface area contributed by atoms with Crippen LogP contribution in [0.25, 0.3) is 6.08 Å². The van der Waals surface area contributed by atoms with E-state index in [0.29, 0.717) is 21.2 Å². The fourth-order valence-electron chi connectivity index (χ4n) is 11.0. The molecule has 3 aromatic carbocycles. The Morgan fingerprint density at radius 1 is 0.593 bits per heavy atom. The van der Waals surface area contributed by atoms with Crippen LogP contribution in [-0.4, -0.2) is 245 Å². The van der Waals surface area contributed by atoms with Gasteiger partial charge in [-0.1, -0.05) is 113 Å². The summed E-state index contributed by atoms with van der Waals surface area (Å²) in [6.45, 7) is -1.28. The molecule has 4 bridgehead atoms. The lowest BCUT2D eigenvalue weighted by Gasteiger charge is -2.28. The highest BCUT2D eigenvalue weighted by Gasteiger charge is 2.40. The van der Waals surface area contributed by atoms with Gasteiger partial charge in [-0.2, -0.15) is 0 Å². The molecule has 0 unspecified atom stereocenters. The Bertz CT molecular complexity index is 3960. The number of carbonyl (C=O) groups is 15. The molecule has 0 spiro atoms. The van der Waals surface area contributed by atoms with Crippen molar-refractivity contribution in [1.29, 1.82) is 0 Å². The van der Waals surface area contributed by atoms with Crippen LogP contribution < -0.4 is 75.3 Å². The number of amides is 14. The Labute approximate surface area is 624 Å². The molecule has 0 aliphatic carbocycles. The van der Waals surface area contributed by atoms with Crippen molar-refractivity contribution in [2.45, 2.75) is 163 Å². The number of carbonyl (C=O) groups excluding carboxylic acids is 14. The first-order valence-electron chi connectivity index (χ1n) is 33.7. The molecule has 582 valence electrons. The Hall–Kier alpha value is -11.4. The van der Waals surface area contributed by atoms with Crippen LogP contribution in [0.5, 0.6) is 0 Å². The van der Waals surface area contributed by atoms with E-state index in [1.165, 1.54) is 18.2 Å². The number of aromatic nitrogens is 2. The van der Waals surface area contributed by atoms with Gasteiger partial charge in [0.05, 0.1) is 69.0 Å². The molecule has 2 aliphatic rings. The molecule has 6 rings (SSSR count). The van der Waals surface area contributed by atoms with Gasteiger partial charge in [0.25, 0.3) is 0 Å². The first-order chi connectivity index (χ1) is 51.2. The van der Waals surface area contributed by atoms with Gasteiger partial charge >= 0.3 is 5.97 Å². The molecule has 4 aromatic rings. The van der Waals surface area contributed by atoms with Crippen molar-refractivity contribution in [2.24, 2.45) is 11.5 Å². The van der Waals surface area contributed by atoms with Crippen molar-refractivity contribution in [2.75, 3.05) is 19.8 Å². The number of nitrogens with two attached hydrogens (primary N) is 2. The van der Waals surface area contributed by atoms with Gasteiger partial charge in [-0.05, 0) is 42.7 Å². The topological polar surface area (TPSA) is 612 Å². The quantitative estimate of drug-likeness (QED) is 0.0463. The SMILES string of the molecule is CC(/C=C/c1ccccc1)=C\[C@H](O)[C@@H]1CC(=O)N[C@@H](CO)C(=O)N[C@@H]2Cn3cnc(c3)C[C@H](NC(=O)C[C@H](O)C[C@@H](C(=O)O)NC(=O)CCNC(=O)[C@H](Cc3ccc(Br)cc3)NC(=O)[C@H]([C@@H](O)C(N)=O)NC(=O)[C@H](CC(N)=O)NC2=O)C(=O)N[C@@H]([C@H](C)O)C(=O)N[C@@H](CO)C(=O)N[C@@H](Cc2ccccc2)C(=O)N1. The lowest BCUT2D eigenvalue weighted by Crippen LogP contribution is -2.63. The number of imidazole rings is 1. The Balaban J connectivity index is 1.49. The van der Waals surface area contributed by atoms with Gasteiger partial charge in [0.1, 0.15) is 60.4 Å². The average Bonchev–Trinajstić information content (AvgIpc) is 1.08. The number of aliphatic hydroxyl groups excluding tert-OH is 6. The molecule has 23 N–H and O–H groups in total. The summed E-state index contributed by atoms with van der Waals surface area (Å²) in [5.41, 5.74) is 12.7. The Kier molecular flexibility index (Phi) is 32.9. The molecule has 15 atom stereocenters. The Morgan fingerprint density at radius 2 is 1.13 bits per heavy atom. The third-order valence-electron chi connectivity index (χ3n) is 16.7. The number of hydrogen-bond donors (Lipinski definition) is 21. The predicted octanol–water partition coefficient (Wildman–Crippen LogP) is -7.74. The first kappa shape index (κ1) is 85.6. The summed E-state index contributed by atoms with van der Waals surface area (Å²) >= 11 is 3.28. The fraction of sp³-hybridized carbons (Fsp3) is 0.420. The highest BCUT2D eigenvalue weighted by molar-refractivity contribution is 9.10. The fourth-order valence-corrected chi connectivity index (χ4v) is 11.3. The van der Waals surface area contributed by atoms with Gasteiger partial charge in [-0.15, -0.1) is 0 Å². The van der Waals surface area contributed by atoms with E-state index in [-0.39, 0.29) is 18.5 Å². The van der Waals surface area contributed by atoms with Crippen molar-refractivity contribution >= 4 is 111 Å². The normalized spacial score (nSPS) is 25.5. The van der Waals surface area contributed by atoms with Gasteiger partial charge in [0, 0.05) is 55.7 Å². The van der Waals surface area contributed by atoms with Crippen LogP contribution >= 0.6 is 15.9 Å². The maximum absolute atomic E-state index is 14.9. The highest BCUT2D eigenvalue weighted by atomic mass is 79.9. The number of rotatable bonds is 16. The van der Waals surface area contributed by atoms with Crippen LogP contribution in [0.15, 0.2) is 120 Å². The number of aliphatic carboxylic acids is 1. The molecule has 38 nitrogen and oxygen atoms in total. The lowest BCUT2D eigenvalue weighted by molar-refractivity contribution is -0.143. The van der Waals surface area contributed by atoms with Crippen molar-refractivity contribution in [1.82, 2.24) is 73.4 Å². The number of fused-ring (bicyclic) bond motifs is 2. The van der Waals surface area contributed by atoms with Crippen LogP contribution in [0.4, 0.5) is 0 Å². The smallest absolute Gasteiger partial charge is 0.326 e. The molecule has 14 amide bonds. The molecular weight excluding hydrogens is 1480 g/mol.